The third-order valence-corrected chi connectivity index (χ3v) is 2.19. The van der Waals surface area contributed by atoms with E-state index in [1.807, 2.05) is 6.07 Å². The molecule has 16 heavy (non-hydrogen) atoms. The van der Waals surface area contributed by atoms with Crippen molar-refractivity contribution in [3.05, 3.63) is 28.8 Å². The number of esters is 1. The average molecular weight is 220 g/mol. The number of carbonyl (C=O) groups excluding carboxylic acids is 1. The average Bonchev–Trinajstić information content (AvgIpc) is 2.35. The SMILES string of the molecule is COC(=O)c1c(CN)ccc(OC)c1C#N. The molecule has 0 spiro atoms. The van der Waals surface area contributed by atoms with Crippen molar-refractivity contribution in [2.24, 2.45) is 5.73 Å². The van der Waals surface area contributed by atoms with Gasteiger partial charge in [-0.05, 0) is 11.6 Å². The summed E-state index contributed by atoms with van der Waals surface area (Å²) in [5.41, 5.74) is 6.38. The molecule has 0 aliphatic rings. The molecule has 1 aromatic rings. The van der Waals surface area contributed by atoms with Crippen LogP contribution in [-0.2, 0) is 11.3 Å². The van der Waals surface area contributed by atoms with E-state index in [1.165, 1.54) is 14.2 Å². The van der Waals surface area contributed by atoms with E-state index in [-0.39, 0.29) is 17.7 Å². The van der Waals surface area contributed by atoms with Crippen molar-refractivity contribution in [1.29, 1.82) is 5.26 Å². The zero-order chi connectivity index (χ0) is 12.1. The Labute approximate surface area is 93.4 Å². The molecule has 0 atom stereocenters. The van der Waals surface area contributed by atoms with Crippen molar-refractivity contribution in [2.45, 2.75) is 6.54 Å². The first-order chi connectivity index (χ1) is 7.69. The van der Waals surface area contributed by atoms with Gasteiger partial charge >= 0.3 is 5.97 Å². The van der Waals surface area contributed by atoms with Gasteiger partial charge in [-0.25, -0.2) is 4.79 Å². The fourth-order valence-corrected chi connectivity index (χ4v) is 1.41. The molecule has 2 N–H and O–H groups in total. The Bertz CT molecular complexity index is 449. The number of ether oxygens (including phenoxy) is 2. The lowest BCUT2D eigenvalue weighted by Gasteiger charge is -2.10. The van der Waals surface area contributed by atoms with Crippen LogP contribution in [0.15, 0.2) is 12.1 Å². The van der Waals surface area contributed by atoms with Crippen molar-refractivity contribution in [1.82, 2.24) is 0 Å². The number of nitrogens with two attached hydrogens (primary N) is 1. The fourth-order valence-electron chi connectivity index (χ4n) is 1.41. The Balaban J connectivity index is 3.50. The standard InChI is InChI=1S/C11H12N2O3/c1-15-9-4-3-7(5-12)10(8(9)6-13)11(14)16-2/h3-4H,5,12H2,1-2H3. The zero-order valence-electron chi connectivity index (χ0n) is 9.11. The highest BCUT2D eigenvalue weighted by molar-refractivity contribution is 5.94. The second kappa shape index (κ2) is 5.14. The van der Waals surface area contributed by atoms with Crippen molar-refractivity contribution < 1.29 is 14.3 Å². The molecular formula is C11H12N2O3. The molecule has 1 rings (SSSR count). The Morgan fingerprint density at radius 3 is 2.62 bits per heavy atom. The van der Waals surface area contributed by atoms with E-state index in [2.05, 4.69) is 4.74 Å². The van der Waals surface area contributed by atoms with Crippen molar-refractivity contribution in [3.63, 3.8) is 0 Å². The van der Waals surface area contributed by atoms with E-state index >= 15 is 0 Å². The van der Waals surface area contributed by atoms with E-state index in [9.17, 15) is 4.79 Å². The van der Waals surface area contributed by atoms with Crippen molar-refractivity contribution in [2.75, 3.05) is 14.2 Å². The normalized spacial score (nSPS) is 9.38. The van der Waals surface area contributed by atoms with E-state index < -0.39 is 5.97 Å². The number of benzene rings is 1. The molecular weight excluding hydrogens is 208 g/mol. The smallest absolute Gasteiger partial charge is 0.339 e. The van der Waals surface area contributed by atoms with Gasteiger partial charge in [0, 0.05) is 6.54 Å². The number of hydrogen-bond donors (Lipinski definition) is 1. The number of methoxy groups -OCH3 is 2. The number of nitriles is 1. The lowest BCUT2D eigenvalue weighted by molar-refractivity contribution is 0.0598. The van der Waals surface area contributed by atoms with E-state index in [0.29, 0.717) is 11.3 Å². The number of nitrogens with zero attached hydrogens (tertiary/aromatic N) is 1. The predicted octanol–water partition coefficient (Wildman–Crippen LogP) is 0.812. The van der Waals surface area contributed by atoms with Crippen LogP contribution in [0, 0.1) is 11.3 Å². The van der Waals surface area contributed by atoms with Crippen LogP contribution in [0.5, 0.6) is 5.75 Å². The van der Waals surface area contributed by atoms with Gasteiger partial charge in [-0.1, -0.05) is 6.07 Å². The van der Waals surface area contributed by atoms with E-state index in [1.54, 1.807) is 12.1 Å². The first-order valence-corrected chi connectivity index (χ1v) is 4.57. The van der Waals surface area contributed by atoms with Crippen LogP contribution in [0.1, 0.15) is 21.5 Å². The second-order valence-corrected chi connectivity index (χ2v) is 2.98. The summed E-state index contributed by atoms with van der Waals surface area (Å²) >= 11 is 0. The highest BCUT2D eigenvalue weighted by atomic mass is 16.5. The first kappa shape index (κ1) is 12.0. The topological polar surface area (TPSA) is 85.3 Å². The Hall–Kier alpha value is -2.06. The molecule has 84 valence electrons. The Morgan fingerprint density at radius 2 is 2.19 bits per heavy atom. The van der Waals surface area contributed by atoms with Crippen molar-refractivity contribution in [3.8, 4) is 11.8 Å². The Kier molecular flexibility index (Phi) is 3.86. The molecule has 0 saturated heterocycles. The third kappa shape index (κ3) is 1.97. The number of rotatable bonds is 3. The van der Waals surface area contributed by atoms with Crippen LogP contribution in [-0.4, -0.2) is 20.2 Å². The summed E-state index contributed by atoms with van der Waals surface area (Å²) in [6, 6.07) is 5.17. The van der Waals surface area contributed by atoms with Gasteiger partial charge in [0.15, 0.2) is 0 Å². The fraction of sp³-hybridized carbons (Fsp3) is 0.273. The molecule has 0 unspecified atom stereocenters. The lowest BCUT2D eigenvalue weighted by atomic mass is 10.0. The highest BCUT2D eigenvalue weighted by Crippen LogP contribution is 2.25. The van der Waals surface area contributed by atoms with Crippen molar-refractivity contribution >= 4 is 5.97 Å². The Morgan fingerprint density at radius 1 is 1.50 bits per heavy atom. The molecule has 0 aliphatic heterocycles. The molecule has 0 saturated carbocycles. The van der Waals surface area contributed by atoms with Crippen LogP contribution >= 0.6 is 0 Å². The lowest BCUT2D eigenvalue weighted by Crippen LogP contribution is -2.12. The molecule has 0 aromatic heterocycles. The molecule has 1 aromatic carbocycles. The van der Waals surface area contributed by atoms with Gasteiger partial charge in [0.1, 0.15) is 17.4 Å². The summed E-state index contributed by atoms with van der Waals surface area (Å²) in [6.45, 7) is 0.156. The second-order valence-electron chi connectivity index (χ2n) is 2.98. The third-order valence-electron chi connectivity index (χ3n) is 2.19. The van der Waals surface area contributed by atoms with E-state index in [4.69, 9.17) is 15.7 Å². The minimum atomic E-state index is -0.587. The maximum Gasteiger partial charge on any atom is 0.339 e. The molecule has 0 radical (unpaired) electrons. The van der Waals surface area contributed by atoms with E-state index in [0.717, 1.165) is 0 Å². The molecule has 0 fully saturated rings. The van der Waals surface area contributed by atoms with Gasteiger partial charge in [0.05, 0.1) is 19.8 Å². The van der Waals surface area contributed by atoms with Gasteiger partial charge in [-0.3, -0.25) is 0 Å². The molecule has 0 amide bonds. The van der Waals surface area contributed by atoms with Gasteiger partial charge in [-0.2, -0.15) is 5.26 Å². The molecule has 0 bridgehead atoms. The molecule has 0 heterocycles. The zero-order valence-corrected chi connectivity index (χ0v) is 9.11. The highest BCUT2D eigenvalue weighted by Gasteiger charge is 2.20. The predicted molar refractivity (Wildman–Crippen MR) is 56.9 cm³/mol. The summed E-state index contributed by atoms with van der Waals surface area (Å²) in [5.74, 6) is -0.254. The number of hydrogen-bond acceptors (Lipinski definition) is 5. The maximum absolute atomic E-state index is 11.6. The van der Waals surface area contributed by atoms with Crippen LogP contribution in [0.4, 0.5) is 0 Å². The van der Waals surface area contributed by atoms with Crippen LogP contribution in [0.2, 0.25) is 0 Å². The molecule has 5 heteroatoms. The first-order valence-electron chi connectivity index (χ1n) is 4.57. The quantitative estimate of drug-likeness (QED) is 0.762. The maximum atomic E-state index is 11.6. The summed E-state index contributed by atoms with van der Waals surface area (Å²) in [5, 5.41) is 9.02. The van der Waals surface area contributed by atoms with Gasteiger partial charge in [-0.15, -0.1) is 0 Å². The van der Waals surface area contributed by atoms with Gasteiger partial charge in [0.25, 0.3) is 0 Å². The van der Waals surface area contributed by atoms with Crippen LogP contribution in [0.25, 0.3) is 0 Å². The minimum Gasteiger partial charge on any atom is -0.495 e. The summed E-state index contributed by atoms with van der Waals surface area (Å²) in [7, 11) is 2.68. The van der Waals surface area contributed by atoms with Crippen LogP contribution in [0.3, 0.4) is 0 Å². The van der Waals surface area contributed by atoms with Gasteiger partial charge in [0.2, 0.25) is 0 Å². The summed E-state index contributed by atoms with van der Waals surface area (Å²) in [4.78, 5) is 11.6. The molecule has 0 aliphatic carbocycles. The largest absolute Gasteiger partial charge is 0.495 e. The minimum absolute atomic E-state index is 0.150. The monoisotopic (exact) mass is 220 g/mol. The summed E-state index contributed by atoms with van der Waals surface area (Å²) in [6.07, 6.45) is 0. The molecule has 5 nitrogen and oxygen atoms in total. The van der Waals surface area contributed by atoms with Gasteiger partial charge < -0.3 is 15.2 Å². The summed E-state index contributed by atoms with van der Waals surface area (Å²) < 4.78 is 9.62. The number of carbonyl (C=O) groups is 1. The van der Waals surface area contributed by atoms with Crippen LogP contribution < -0.4 is 10.5 Å².